The van der Waals surface area contributed by atoms with E-state index in [0.717, 1.165) is 11.1 Å². The van der Waals surface area contributed by atoms with E-state index in [2.05, 4.69) is 15.3 Å². The van der Waals surface area contributed by atoms with Crippen LogP contribution in [0.15, 0.2) is 67.4 Å². The average Bonchev–Trinajstić information content (AvgIpc) is 3.32. The van der Waals surface area contributed by atoms with Crippen molar-refractivity contribution in [3.05, 3.63) is 73.3 Å². The summed E-state index contributed by atoms with van der Waals surface area (Å²) in [7, 11) is 3.84. The number of halogens is 1. The summed E-state index contributed by atoms with van der Waals surface area (Å²) in [5.41, 5.74) is 9.82. The van der Waals surface area contributed by atoms with Gasteiger partial charge in [0.1, 0.15) is 11.7 Å². The molecule has 0 aromatic carbocycles. The molecular formula is C31H36FN7O3. The molecule has 11 heteroatoms. The van der Waals surface area contributed by atoms with Crippen LogP contribution in [0.3, 0.4) is 0 Å². The molecule has 2 unspecified atom stereocenters. The number of hydrogen-bond acceptors (Lipinski definition) is 8. The highest BCUT2D eigenvalue weighted by molar-refractivity contribution is 6.00. The Kier molecular flexibility index (Phi) is 9.76. The maximum atomic E-state index is 14.1. The molecule has 0 aliphatic rings. The highest BCUT2D eigenvalue weighted by Crippen LogP contribution is 2.35. The number of fused-ring (bicyclic) bond motifs is 1. The molecule has 0 saturated heterocycles. The van der Waals surface area contributed by atoms with Crippen molar-refractivity contribution in [3.8, 4) is 22.3 Å². The number of nitrogens with zero attached hydrogens (tertiary/aromatic N) is 5. The maximum Gasteiger partial charge on any atom is 0.324 e. The minimum atomic E-state index is -0.744. The quantitative estimate of drug-likeness (QED) is 0.149. The van der Waals surface area contributed by atoms with Crippen molar-refractivity contribution in [3.63, 3.8) is 0 Å². The van der Waals surface area contributed by atoms with Crippen LogP contribution in [0.1, 0.15) is 33.4 Å². The van der Waals surface area contributed by atoms with Crippen molar-refractivity contribution in [1.29, 1.82) is 0 Å². The van der Waals surface area contributed by atoms with Gasteiger partial charge in [0.2, 0.25) is 11.9 Å². The van der Waals surface area contributed by atoms with E-state index < -0.39 is 24.2 Å². The number of nitrogens with one attached hydrogen (secondary N) is 1. The fourth-order valence-corrected chi connectivity index (χ4v) is 4.50. The summed E-state index contributed by atoms with van der Waals surface area (Å²) in [6.45, 7) is 6.35. The fourth-order valence-electron chi connectivity index (χ4n) is 4.50. The van der Waals surface area contributed by atoms with E-state index in [1.54, 1.807) is 54.5 Å². The van der Waals surface area contributed by atoms with E-state index >= 15 is 0 Å². The van der Waals surface area contributed by atoms with Crippen LogP contribution in [-0.4, -0.2) is 63.0 Å². The first-order chi connectivity index (χ1) is 20.0. The highest BCUT2D eigenvalue weighted by atomic mass is 19.1. The molecule has 4 aromatic rings. The van der Waals surface area contributed by atoms with Crippen molar-refractivity contribution < 1.29 is 18.7 Å². The first-order valence-corrected chi connectivity index (χ1v) is 13.7. The second-order valence-corrected chi connectivity index (χ2v) is 10.8. The SMILES string of the molecule is CC(C)CC(N)C(=O)OC(C)n1cc(-c2ccnc(F)c2)c2cc(-c3cncc(NC(=O)/C=C/CN(C)C)c3)cnc21. The monoisotopic (exact) mass is 573 g/mol. The van der Waals surface area contributed by atoms with E-state index in [9.17, 15) is 14.0 Å². The second kappa shape index (κ2) is 13.5. The molecule has 2 atom stereocenters. The topological polar surface area (TPSA) is 128 Å². The number of pyridine rings is 3. The summed E-state index contributed by atoms with van der Waals surface area (Å²) in [6, 6.07) is 6.00. The summed E-state index contributed by atoms with van der Waals surface area (Å²) in [5, 5.41) is 3.53. The second-order valence-electron chi connectivity index (χ2n) is 10.8. The molecule has 42 heavy (non-hydrogen) atoms. The molecule has 0 saturated carbocycles. The molecule has 0 aliphatic carbocycles. The molecule has 0 bridgehead atoms. The first-order valence-electron chi connectivity index (χ1n) is 13.7. The van der Waals surface area contributed by atoms with Crippen LogP contribution in [0, 0.1) is 11.9 Å². The first kappa shape index (κ1) is 30.5. The Balaban J connectivity index is 1.69. The van der Waals surface area contributed by atoms with Gasteiger partial charge in [-0.25, -0.2) is 9.97 Å². The minimum absolute atomic E-state index is 0.240. The van der Waals surface area contributed by atoms with Gasteiger partial charge in [-0.2, -0.15) is 4.39 Å². The predicted octanol–water partition coefficient (Wildman–Crippen LogP) is 4.79. The number of likely N-dealkylation sites (N-methyl/N-ethyl adjacent to an activating group) is 1. The third-order valence-corrected chi connectivity index (χ3v) is 6.49. The van der Waals surface area contributed by atoms with E-state index in [-0.39, 0.29) is 11.8 Å². The van der Waals surface area contributed by atoms with Crippen LogP contribution in [0.25, 0.3) is 33.3 Å². The fraction of sp³-hybridized carbons (Fsp3) is 0.323. The summed E-state index contributed by atoms with van der Waals surface area (Å²) in [5.74, 6) is -1.15. The van der Waals surface area contributed by atoms with Gasteiger partial charge in [0, 0.05) is 65.6 Å². The molecule has 1 amide bonds. The van der Waals surface area contributed by atoms with E-state index in [1.807, 2.05) is 38.9 Å². The zero-order valence-corrected chi connectivity index (χ0v) is 24.4. The zero-order valence-electron chi connectivity index (χ0n) is 24.4. The summed E-state index contributed by atoms with van der Waals surface area (Å²) in [6.07, 6.45) is 11.1. The van der Waals surface area contributed by atoms with Crippen molar-refractivity contribution in [1.82, 2.24) is 24.4 Å². The van der Waals surface area contributed by atoms with Crippen LogP contribution in [-0.2, 0) is 14.3 Å². The Bertz CT molecular complexity index is 1600. The number of amides is 1. The standard InChI is InChI=1S/C31H36FN7O3/c1-19(2)11-27(33)31(41)42-20(3)39-18-26(21-8-9-35-28(32)14-21)25-13-23(16-36-30(25)39)22-12-24(17-34-15-22)37-29(40)7-6-10-38(4)5/h6-9,12-20,27H,10-11,33H2,1-5H3,(H,37,40)/b7-6+. The van der Waals surface area contributed by atoms with Gasteiger partial charge in [-0.3, -0.25) is 19.1 Å². The van der Waals surface area contributed by atoms with Gasteiger partial charge in [0.05, 0.1) is 11.9 Å². The van der Waals surface area contributed by atoms with Crippen LogP contribution >= 0.6 is 0 Å². The summed E-state index contributed by atoms with van der Waals surface area (Å²) >= 11 is 0. The van der Waals surface area contributed by atoms with E-state index in [0.29, 0.717) is 40.8 Å². The number of ether oxygens (including phenoxy) is 1. The average molecular weight is 574 g/mol. The number of carbonyl (C=O) groups is 2. The molecule has 0 fully saturated rings. The third kappa shape index (κ3) is 7.62. The smallest absolute Gasteiger partial charge is 0.324 e. The molecule has 4 heterocycles. The number of aromatic nitrogens is 4. The third-order valence-electron chi connectivity index (χ3n) is 6.49. The van der Waals surface area contributed by atoms with Crippen molar-refractivity contribution in [2.75, 3.05) is 26.0 Å². The highest BCUT2D eigenvalue weighted by Gasteiger charge is 2.23. The van der Waals surface area contributed by atoms with E-state index in [4.69, 9.17) is 15.5 Å². The lowest BCUT2D eigenvalue weighted by Crippen LogP contribution is -2.34. The Morgan fingerprint density at radius 2 is 1.86 bits per heavy atom. The van der Waals surface area contributed by atoms with E-state index in [1.165, 1.54) is 18.3 Å². The molecule has 3 N–H and O–H groups in total. The van der Waals surface area contributed by atoms with Crippen LogP contribution in [0.4, 0.5) is 10.1 Å². The lowest BCUT2D eigenvalue weighted by Gasteiger charge is -2.19. The largest absolute Gasteiger partial charge is 0.440 e. The maximum absolute atomic E-state index is 14.1. The Hall–Kier alpha value is -4.48. The van der Waals surface area contributed by atoms with Gasteiger partial charge in [-0.1, -0.05) is 19.9 Å². The molecule has 220 valence electrons. The lowest BCUT2D eigenvalue weighted by atomic mass is 10.0. The van der Waals surface area contributed by atoms with Gasteiger partial charge in [0.25, 0.3) is 0 Å². The number of carbonyl (C=O) groups excluding carboxylic acids is 2. The number of esters is 1. The van der Waals surface area contributed by atoms with Gasteiger partial charge in [0.15, 0.2) is 6.23 Å². The van der Waals surface area contributed by atoms with Crippen LogP contribution in [0.2, 0.25) is 0 Å². The van der Waals surface area contributed by atoms with Gasteiger partial charge < -0.3 is 20.7 Å². The number of hydrogen-bond donors (Lipinski definition) is 2. The molecule has 0 spiro atoms. The van der Waals surface area contributed by atoms with Gasteiger partial charge in [-0.05, 0) is 57.1 Å². The number of nitrogens with two attached hydrogens (primary N) is 1. The Labute approximate surface area is 244 Å². The Morgan fingerprint density at radius 3 is 2.57 bits per heavy atom. The van der Waals surface area contributed by atoms with Gasteiger partial charge >= 0.3 is 5.97 Å². The molecule has 0 aliphatic heterocycles. The van der Waals surface area contributed by atoms with Gasteiger partial charge in [-0.15, -0.1) is 0 Å². The van der Waals surface area contributed by atoms with Crippen LogP contribution in [0.5, 0.6) is 0 Å². The molecule has 0 radical (unpaired) electrons. The van der Waals surface area contributed by atoms with Crippen LogP contribution < -0.4 is 11.1 Å². The molecule has 4 aromatic heterocycles. The number of anilines is 1. The van der Waals surface area contributed by atoms with Crippen molar-refractivity contribution >= 4 is 28.6 Å². The zero-order chi connectivity index (χ0) is 30.4. The summed E-state index contributed by atoms with van der Waals surface area (Å²) < 4.78 is 21.6. The predicted molar refractivity (Wildman–Crippen MR) is 161 cm³/mol. The Morgan fingerprint density at radius 1 is 1.10 bits per heavy atom. The molecule has 4 rings (SSSR count). The lowest BCUT2D eigenvalue weighted by molar-refractivity contribution is -0.154. The van der Waals surface area contributed by atoms with Crippen molar-refractivity contribution in [2.45, 2.75) is 39.5 Å². The normalized spacial score (nSPS) is 13.2. The minimum Gasteiger partial charge on any atom is -0.440 e. The molecule has 10 nitrogen and oxygen atoms in total. The number of rotatable bonds is 11. The summed E-state index contributed by atoms with van der Waals surface area (Å²) in [4.78, 5) is 39.6. The molecular weight excluding hydrogens is 537 g/mol. The van der Waals surface area contributed by atoms with Crippen molar-refractivity contribution in [2.24, 2.45) is 11.7 Å².